The van der Waals surface area contributed by atoms with Crippen molar-refractivity contribution in [3.63, 3.8) is 0 Å². The van der Waals surface area contributed by atoms with Crippen LogP contribution in [0.25, 0.3) is 0 Å². The Bertz CT molecular complexity index is 665. The third-order valence-electron chi connectivity index (χ3n) is 3.00. The molecule has 0 radical (unpaired) electrons. The number of rotatable bonds is 3. The summed E-state index contributed by atoms with van der Waals surface area (Å²) in [5, 5.41) is 7.24. The summed E-state index contributed by atoms with van der Waals surface area (Å²) in [6.45, 7) is 2.21. The van der Waals surface area contributed by atoms with E-state index in [9.17, 15) is 13.2 Å². The Kier molecular flexibility index (Phi) is 4.67. The zero-order chi connectivity index (χ0) is 15.8. The van der Waals surface area contributed by atoms with Crippen molar-refractivity contribution in [1.29, 1.82) is 0 Å². The number of benzene rings is 1. The number of nitrogens with one attached hydrogen (secondary N) is 1. The molecule has 0 fully saturated rings. The Hall–Kier alpha value is -1.02. The van der Waals surface area contributed by atoms with Gasteiger partial charge in [-0.3, -0.25) is 4.68 Å². The van der Waals surface area contributed by atoms with Crippen molar-refractivity contribution in [1.82, 2.24) is 9.78 Å². The molecule has 0 unspecified atom stereocenters. The maximum atomic E-state index is 12.7. The van der Waals surface area contributed by atoms with E-state index < -0.39 is 11.7 Å². The molecule has 1 N–H and O–H groups in total. The van der Waals surface area contributed by atoms with Crippen molar-refractivity contribution < 1.29 is 13.2 Å². The van der Waals surface area contributed by atoms with Gasteiger partial charge in [-0.25, -0.2) is 0 Å². The third-order valence-corrected chi connectivity index (χ3v) is 4.72. The highest BCUT2D eigenvalue weighted by atomic mass is 79.9. The van der Waals surface area contributed by atoms with Crippen LogP contribution >= 0.6 is 31.9 Å². The second kappa shape index (κ2) is 6.00. The normalized spacial score (nSPS) is 11.8. The minimum atomic E-state index is -4.36. The van der Waals surface area contributed by atoms with Crippen molar-refractivity contribution in [2.75, 3.05) is 5.32 Å². The molecule has 1 heterocycles. The largest absolute Gasteiger partial charge is 0.416 e. The summed E-state index contributed by atoms with van der Waals surface area (Å²) >= 11 is 6.67. The maximum absolute atomic E-state index is 12.7. The molecule has 0 atom stereocenters. The zero-order valence-electron chi connectivity index (χ0n) is 11.2. The van der Waals surface area contributed by atoms with Crippen LogP contribution < -0.4 is 5.32 Å². The molecule has 0 aliphatic heterocycles. The summed E-state index contributed by atoms with van der Waals surface area (Å²) in [5.41, 5.74) is 1.39. The number of nitrogens with zero attached hydrogens (tertiary/aromatic N) is 2. The molecule has 2 rings (SSSR count). The first kappa shape index (κ1) is 16.4. The molecule has 8 heteroatoms. The van der Waals surface area contributed by atoms with Gasteiger partial charge in [-0.1, -0.05) is 0 Å². The van der Waals surface area contributed by atoms with Gasteiger partial charge in [0.15, 0.2) is 0 Å². The Labute approximate surface area is 136 Å². The van der Waals surface area contributed by atoms with Gasteiger partial charge in [-0.15, -0.1) is 0 Å². The Morgan fingerprint density at radius 3 is 2.48 bits per heavy atom. The third kappa shape index (κ3) is 3.60. The van der Waals surface area contributed by atoms with Gasteiger partial charge in [-0.2, -0.15) is 18.3 Å². The van der Waals surface area contributed by atoms with Crippen LogP contribution in [-0.2, 0) is 19.8 Å². The monoisotopic (exact) mass is 425 g/mol. The van der Waals surface area contributed by atoms with Crippen molar-refractivity contribution in [2.45, 2.75) is 19.6 Å². The molecular formula is C13H12Br2F3N3. The summed E-state index contributed by atoms with van der Waals surface area (Å²) in [6.07, 6.45) is -4.36. The number of aromatic nitrogens is 2. The van der Waals surface area contributed by atoms with E-state index in [1.54, 1.807) is 11.7 Å². The fourth-order valence-electron chi connectivity index (χ4n) is 1.89. The van der Waals surface area contributed by atoms with Gasteiger partial charge in [-0.05, 0) is 57.0 Å². The summed E-state index contributed by atoms with van der Waals surface area (Å²) in [6, 6.07) is 3.51. The lowest BCUT2D eigenvalue weighted by Crippen LogP contribution is -2.09. The summed E-state index contributed by atoms with van der Waals surface area (Å²) in [7, 11) is 1.79. The van der Waals surface area contributed by atoms with Gasteiger partial charge in [0, 0.05) is 17.2 Å². The van der Waals surface area contributed by atoms with E-state index in [-0.39, 0.29) is 0 Å². The van der Waals surface area contributed by atoms with Crippen LogP contribution in [0.4, 0.5) is 18.9 Å². The van der Waals surface area contributed by atoms with E-state index in [0.717, 1.165) is 28.0 Å². The van der Waals surface area contributed by atoms with Crippen LogP contribution in [0.5, 0.6) is 0 Å². The van der Waals surface area contributed by atoms with E-state index >= 15 is 0 Å². The van der Waals surface area contributed by atoms with E-state index in [4.69, 9.17) is 0 Å². The topological polar surface area (TPSA) is 29.9 Å². The number of aryl methyl sites for hydroxylation is 2. The van der Waals surface area contributed by atoms with Crippen LogP contribution in [0.1, 0.15) is 17.0 Å². The summed E-state index contributed by atoms with van der Waals surface area (Å²) in [4.78, 5) is 0. The minimum Gasteiger partial charge on any atom is -0.378 e. The van der Waals surface area contributed by atoms with Crippen LogP contribution in [0.2, 0.25) is 0 Å². The number of hydrogen-bond acceptors (Lipinski definition) is 2. The van der Waals surface area contributed by atoms with Crippen molar-refractivity contribution >= 4 is 37.5 Å². The predicted molar refractivity (Wildman–Crippen MR) is 82.1 cm³/mol. The first-order chi connectivity index (χ1) is 9.70. The highest BCUT2D eigenvalue weighted by Crippen LogP contribution is 2.34. The lowest BCUT2D eigenvalue weighted by atomic mass is 10.2. The first-order valence-corrected chi connectivity index (χ1v) is 7.57. The zero-order valence-corrected chi connectivity index (χ0v) is 14.4. The fourth-order valence-corrected chi connectivity index (χ4v) is 2.75. The Morgan fingerprint density at radius 2 is 1.95 bits per heavy atom. The Balaban J connectivity index is 2.24. The lowest BCUT2D eigenvalue weighted by Gasteiger charge is -2.13. The second-order valence-electron chi connectivity index (χ2n) is 4.52. The molecule has 0 spiro atoms. The van der Waals surface area contributed by atoms with Crippen molar-refractivity contribution in [2.24, 2.45) is 7.05 Å². The highest BCUT2D eigenvalue weighted by molar-refractivity contribution is 9.11. The SMILES string of the molecule is Cc1nn(C)c(CNc2cc(C(F)(F)F)ccc2Br)c1Br. The lowest BCUT2D eigenvalue weighted by molar-refractivity contribution is -0.137. The molecule has 1 aromatic heterocycles. The molecule has 0 saturated carbocycles. The highest BCUT2D eigenvalue weighted by Gasteiger charge is 2.30. The quantitative estimate of drug-likeness (QED) is 0.757. The molecule has 0 aliphatic carbocycles. The van der Waals surface area contributed by atoms with Gasteiger partial charge in [0.1, 0.15) is 0 Å². The molecule has 2 aromatic rings. The second-order valence-corrected chi connectivity index (χ2v) is 6.16. The van der Waals surface area contributed by atoms with Gasteiger partial charge >= 0.3 is 6.18 Å². The average molecular weight is 427 g/mol. The fraction of sp³-hybridized carbons (Fsp3) is 0.308. The molecule has 21 heavy (non-hydrogen) atoms. The molecule has 0 saturated heterocycles. The minimum absolute atomic E-state index is 0.359. The van der Waals surface area contributed by atoms with E-state index in [0.29, 0.717) is 16.7 Å². The van der Waals surface area contributed by atoms with Crippen LogP contribution in [0, 0.1) is 6.92 Å². The van der Waals surface area contributed by atoms with Gasteiger partial charge in [0.25, 0.3) is 0 Å². The molecule has 114 valence electrons. The summed E-state index contributed by atoms with van der Waals surface area (Å²) < 4.78 is 41.3. The average Bonchev–Trinajstić information content (AvgIpc) is 2.62. The number of halogens is 5. The number of hydrogen-bond donors (Lipinski definition) is 1. The van der Waals surface area contributed by atoms with Crippen molar-refractivity contribution in [3.8, 4) is 0 Å². The van der Waals surface area contributed by atoms with Crippen LogP contribution in [0.15, 0.2) is 27.1 Å². The number of alkyl halides is 3. The molecule has 3 nitrogen and oxygen atoms in total. The van der Waals surface area contributed by atoms with Crippen LogP contribution in [-0.4, -0.2) is 9.78 Å². The van der Waals surface area contributed by atoms with Gasteiger partial charge in [0.2, 0.25) is 0 Å². The molecule has 0 amide bonds. The van der Waals surface area contributed by atoms with E-state index in [1.807, 2.05) is 6.92 Å². The number of anilines is 1. The first-order valence-electron chi connectivity index (χ1n) is 5.98. The Morgan fingerprint density at radius 1 is 1.29 bits per heavy atom. The van der Waals surface area contributed by atoms with Crippen LogP contribution in [0.3, 0.4) is 0 Å². The molecular weight excluding hydrogens is 415 g/mol. The van der Waals surface area contributed by atoms with E-state index in [2.05, 4.69) is 42.3 Å². The van der Waals surface area contributed by atoms with Gasteiger partial charge in [0.05, 0.1) is 28.0 Å². The van der Waals surface area contributed by atoms with Gasteiger partial charge < -0.3 is 5.32 Å². The molecule has 1 aromatic carbocycles. The molecule has 0 aliphatic rings. The standard InChI is InChI=1S/C13H12Br2F3N3/c1-7-12(15)11(21(2)20-7)6-19-10-5-8(13(16,17)18)3-4-9(10)14/h3-5,19H,6H2,1-2H3. The maximum Gasteiger partial charge on any atom is 0.416 e. The predicted octanol–water partition coefficient (Wildman–Crippen LogP) is 4.88. The van der Waals surface area contributed by atoms with E-state index in [1.165, 1.54) is 6.07 Å². The molecule has 0 bridgehead atoms. The smallest absolute Gasteiger partial charge is 0.378 e. The van der Waals surface area contributed by atoms with Crippen molar-refractivity contribution in [3.05, 3.63) is 44.1 Å². The summed E-state index contributed by atoms with van der Waals surface area (Å²) in [5.74, 6) is 0.